The van der Waals surface area contributed by atoms with Gasteiger partial charge >= 0.3 is 6.03 Å². The Morgan fingerprint density at radius 1 is 0.567 bits per heavy atom. The molecule has 0 aliphatic carbocycles. The summed E-state index contributed by atoms with van der Waals surface area (Å²) in [6.45, 7) is 4.53. The second-order valence-corrected chi connectivity index (χ2v) is 8.63. The molecule has 3 aliphatic rings. The van der Waals surface area contributed by atoms with Crippen LogP contribution in [0.15, 0.2) is 84.9 Å². The standard InChI is InChI=1S/C26H20N2O2/c1-25(2)23-15-7-11-19-17-9-3-5-13-21(17)29-26(27(19)23)28-20(12-8-16-24(25)28)18-10-4-6-14-22(18)30-26/h3-16H,1-2H3/q+2. The second-order valence-electron chi connectivity index (χ2n) is 8.63. The molecule has 0 bridgehead atoms. The number of pyridine rings is 2. The normalized spacial score (nSPS) is 17.4. The number of ether oxygens (including phenoxy) is 2. The Morgan fingerprint density at radius 2 is 1.03 bits per heavy atom. The van der Waals surface area contributed by atoms with E-state index in [2.05, 4.69) is 83.6 Å². The van der Waals surface area contributed by atoms with Gasteiger partial charge in [0.15, 0.2) is 11.5 Å². The molecule has 0 fully saturated rings. The Labute approximate surface area is 174 Å². The molecule has 2 aromatic heterocycles. The summed E-state index contributed by atoms with van der Waals surface area (Å²) in [5, 5.41) is 0. The van der Waals surface area contributed by atoms with Crippen LogP contribution in [0.3, 0.4) is 0 Å². The number of para-hydroxylation sites is 2. The van der Waals surface area contributed by atoms with E-state index in [1.807, 2.05) is 24.3 Å². The quantitative estimate of drug-likeness (QED) is 0.421. The molecule has 0 atom stereocenters. The first-order valence-corrected chi connectivity index (χ1v) is 10.3. The van der Waals surface area contributed by atoms with E-state index in [4.69, 9.17) is 9.47 Å². The smallest absolute Gasteiger partial charge is 0.340 e. The summed E-state index contributed by atoms with van der Waals surface area (Å²) >= 11 is 0. The van der Waals surface area contributed by atoms with Crippen LogP contribution in [0.5, 0.6) is 11.5 Å². The summed E-state index contributed by atoms with van der Waals surface area (Å²) < 4.78 is 18.1. The van der Waals surface area contributed by atoms with Crippen molar-refractivity contribution in [2.24, 2.45) is 0 Å². The number of benzene rings is 2. The first-order valence-electron chi connectivity index (χ1n) is 10.3. The Hall–Kier alpha value is -3.66. The van der Waals surface area contributed by atoms with Crippen molar-refractivity contribution in [3.63, 3.8) is 0 Å². The second kappa shape index (κ2) is 5.08. The molecule has 144 valence electrons. The van der Waals surface area contributed by atoms with Crippen LogP contribution in [0, 0.1) is 0 Å². The van der Waals surface area contributed by atoms with Gasteiger partial charge in [-0.2, -0.15) is 0 Å². The van der Waals surface area contributed by atoms with E-state index in [1.54, 1.807) is 0 Å². The van der Waals surface area contributed by atoms with Gasteiger partial charge in [-0.05, 0) is 59.4 Å². The molecule has 0 radical (unpaired) electrons. The lowest BCUT2D eigenvalue weighted by Crippen LogP contribution is -2.87. The summed E-state index contributed by atoms with van der Waals surface area (Å²) in [5.41, 5.74) is 6.41. The molecule has 4 nitrogen and oxygen atoms in total. The highest BCUT2D eigenvalue weighted by molar-refractivity contribution is 5.68. The highest BCUT2D eigenvalue weighted by Gasteiger charge is 2.73. The van der Waals surface area contributed by atoms with Gasteiger partial charge in [-0.25, -0.2) is 0 Å². The zero-order valence-corrected chi connectivity index (χ0v) is 16.8. The summed E-state index contributed by atoms with van der Waals surface area (Å²) in [6, 6.07) is 28.2. The largest absolute Gasteiger partial charge is 0.715 e. The fourth-order valence-electron chi connectivity index (χ4n) is 5.28. The van der Waals surface area contributed by atoms with Crippen molar-refractivity contribution in [3.8, 4) is 34.0 Å². The van der Waals surface area contributed by atoms with Crippen molar-refractivity contribution < 1.29 is 18.6 Å². The fourth-order valence-corrected chi connectivity index (χ4v) is 5.28. The maximum absolute atomic E-state index is 6.79. The van der Waals surface area contributed by atoms with Gasteiger partial charge in [0.25, 0.3) is 0 Å². The zero-order chi connectivity index (χ0) is 20.1. The van der Waals surface area contributed by atoms with E-state index in [9.17, 15) is 0 Å². The van der Waals surface area contributed by atoms with Gasteiger partial charge in [-0.1, -0.05) is 24.3 Å². The molecule has 4 heteroatoms. The van der Waals surface area contributed by atoms with Crippen LogP contribution < -0.4 is 18.6 Å². The molecule has 0 amide bonds. The predicted octanol–water partition coefficient (Wildman–Crippen LogP) is 4.14. The fraction of sp³-hybridized carbons (Fsp3) is 0.154. The van der Waals surface area contributed by atoms with E-state index in [0.29, 0.717) is 0 Å². The maximum atomic E-state index is 6.79. The number of hydrogen-bond donors (Lipinski definition) is 0. The number of nitrogens with zero attached hydrogens (tertiary/aromatic N) is 2. The van der Waals surface area contributed by atoms with Crippen LogP contribution in [0.25, 0.3) is 22.5 Å². The Bertz CT molecular complexity index is 1280. The van der Waals surface area contributed by atoms with Crippen molar-refractivity contribution in [1.29, 1.82) is 0 Å². The number of hydrogen-bond acceptors (Lipinski definition) is 2. The van der Waals surface area contributed by atoms with Crippen molar-refractivity contribution in [3.05, 3.63) is 96.3 Å². The van der Waals surface area contributed by atoms with Crippen molar-refractivity contribution >= 4 is 0 Å². The molecular formula is C26H20N2O2+2. The zero-order valence-electron chi connectivity index (χ0n) is 16.8. The molecule has 0 saturated carbocycles. The van der Waals surface area contributed by atoms with Crippen molar-refractivity contribution in [2.45, 2.75) is 25.3 Å². The lowest BCUT2D eigenvalue weighted by atomic mass is 9.81. The van der Waals surface area contributed by atoms with Crippen LogP contribution in [0.2, 0.25) is 0 Å². The third kappa shape index (κ3) is 1.70. The highest BCUT2D eigenvalue weighted by atomic mass is 16.7. The summed E-state index contributed by atoms with van der Waals surface area (Å²) in [6.07, 6.45) is 0. The van der Waals surface area contributed by atoms with Gasteiger partial charge in [0.1, 0.15) is 5.41 Å². The molecule has 5 heterocycles. The van der Waals surface area contributed by atoms with E-state index in [-0.39, 0.29) is 5.41 Å². The van der Waals surface area contributed by atoms with Crippen molar-refractivity contribution in [1.82, 2.24) is 0 Å². The van der Waals surface area contributed by atoms with Gasteiger partial charge in [0, 0.05) is 24.3 Å². The first-order chi connectivity index (χ1) is 14.6. The molecular weight excluding hydrogens is 372 g/mol. The van der Waals surface area contributed by atoms with Crippen LogP contribution >= 0.6 is 0 Å². The van der Waals surface area contributed by atoms with E-state index in [1.165, 1.54) is 0 Å². The van der Waals surface area contributed by atoms with Crippen molar-refractivity contribution in [2.75, 3.05) is 0 Å². The molecule has 30 heavy (non-hydrogen) atoms. The monoisotopic (exact) mass is 392 g/mol. The molecule has 0 N–H and O–H groups in total. The third-order valence-corrected chi connectivity index (χ3v) is 6.64. The predicted molar refractivity (Wildman–Crippen MR) is 111 cm³/mol. The SMILES string of the molecule is CC1(C)c2cccc3[n+]2C2(Oc4ccccc4-3)Oc3ccccc3-c3cccc1[n+]32. The van der Waals surface area contributed by atoms with Gasteiger partial charge < -0.3 is 9.47 Å². The first kappa shape index (κ1) is 16.2. The van der Waals surface area contributed by atoms with Gasteiger partial charge in [0.05, 0.1) is 11.1 Å². The average molecular weight is 392 g/mol. The third-order valence-electron chi connectivity index (χ3n) is 6.64. The minimum absolute atomic E-state index is 0.235. The van der Waals surface area contributed by atoms with E-state index >= 15 is 0 Å². The minimum Gasteiger partial charge on any atom is -0.340 e. The number of aromatic nitrogens is 2. The summed E-state index contributed by atoms with van der Waals surface area (Å²) in [4.78, 5) is 0. The average Bonchev–Trinajstić information content (AvgIpc) is 2.78. The highest BCUT2D eigenvalue weighted by Crippen LogP contribution is 2.46. The van der Waals surface area contributed by atoms with Gasteiger partial charge in [-0.15, -0.1) is 0 Å². The number of rotatable bonds is 0. The molecule has 2 aromatic carbocycles. The maximum Gasteiger partial charge on any atom is 0.715 e. The Kier molecular flexibility index (Phi) is 2.74. The van der Waals surface area contributed by atoms with Crippen LogP contribution in [-0.2, 0) is 11.4 Å². The van der Waals surface area contributed by atoms with E-state index in [0.717, 1.165) is 45.4 Å². The summed E-state index contributed by atoms with van der Waals surface area (Å²) in [7, 11) is 0. The topological polar surface area (TPSA) is 26.2 Å². The molecule has 1 spiro atoms. The minimum atomic E-state index is -1.14. The number of fused-ring (bicyclic) bond motifs is 4. The van der Waals surface area contributed by atoms with E-state index < -0.39 is 6.03 Å². The van der Waals surface area contributed by atoms with Crippen LogP contribution in [-0.4, -0.2) is 0 Å². The van der Waals surface area contributed by atoms with Crippen LogP contribution in [0.4, 0.5) is 0 Å². The Morgan fingerprint density at radius 3 is 1.53 bits per heavy atom. The molecule has 4 aromatic rings. The summed E-state index contributed by atoms with van der Waals surface area (Å²) in [5.74, 6) is 1.64. The molecule has 0 saturated heterocycles. The Balaban J connectivity index is 1.70. The lowest BCUT2D eigenvalue weighted by molar-refractivity contribution is -1.07. The molecule has 7 rings (SSSR count). The lowest BCUT2D eigenvalue weighted by Gasteiger charge is -2.38. The van der Waals surface area contributed by atoms with Gasteiger partial charge in [-0.3, -0.25) is 0 Å². The van der Waals surface area contributed by atoms with Crippen LogP contribution in [0.1, 0.15) is 25.2 Å². The van der Waals surface area contributed by atoms with Gasteiger partial charge in [0.2, 0.25) is 22.8 Å². The molecule has 0 unspecified atom stereocenters. The molecule has 3 aliphatic heterocycles.